The largest absolute Gasteiger partial charge is 0.573 e. The summed E-state index contributed by atoms with van der Waals surface area (Å²) in [5.41, 5.74) is 2.90. The molecule has 0 saturated carbocycles. The number of rotatable bonds is 4. The van der Waals surface area contributed by atoms with Crippen molar-refractivity contribution in [1.82, 2.24) is 14.5 Å². The number of aryl methyl sites for hydroxylation is 1. The summed E-state index contributed by atoms with van der Waals surface area (Å²) in [5.74, 6) is -0.277. The van der Waals surface area contributed by atoms with Crippen LogP contribution in [0.2, 0.25) is 0 Å². The number of alkyl halides is 3. The highest BCUT2D eigenvalue weighted by atomic mass is 79.9. The number of anilines is 1. The van der Waals surface area contributed by atoms with Gasteiger partial charge in [0.2, 0.25) is 0 Å². The number of nitrogens with zero attached hydrogens (tertiary/aromatic N) is 5. The summed E-state index contributed by atoms with van der Waals surface area (Å²) in [6, 6.07) is 11.3. The monoisotopic (exact) mass is 549 g/mol. The summed E-state index contributed by atoms with van der Waals surface area (Å²) in [5, 5.41) is 9.32. The normalized spacial score (nSPS) is 19.1. The first-order valence-electron chi connectivity index (χ1n) is 10.9. The second kappa shape index (κ2) is 9.51. The molecule has 11 heteroatoms. The predicted molar refractivity (Wildman–Crippen MR) is 129 cm³/mol. The highest BCUT2D eigenvalue weighted by Gasteiger charge is 2.33. The molecule has 184 valence electrons. The van der Waals surface area contributed by atoms with E-state index in [1.807, 2.05) is 6.92 Å². The van der Waals surface area contributed by atoms with Gasteiger partial charge in [-0.3, -0.25) is 9.69 Å². The van der Waals surface area contributed by atoms with Gasteiger partial charge in [-0.1, -0.05) is 22.0 Å². The maximum atomic E-state index is 12.6. The number of hydrogen-bond acceptors (Lipinski definition) is 6. The number of fused-ring (bicyclic) bond motifs is 1. The molecule has 7 nitrogen and oxygen atoms in total. The minimum Gasteiger partial charge on any atom is -0.406 e. The van der Waals surface area contributed by atoms with Crippen molar-refractivity contribution in [3.63, 3.8) is 0 Å². The molecular weight excluding hydrogens is 527 g/mol. The average molecular weight is 550 g/mol. The summed E-state index contributed by atoms with van der Waals surface area (Å²) in [6.07, 6.45) is -4.74. The first-order valence-corrected chi connectivity index (χ1v) is 11.7. The lowest BCUT2D eigenvalue weighted by Gasteiger charge is -2.45. The van der Waals surface area contributed by atoms with Crippen LogP contribution in [0.5, 0.6) is 5.75 Å². The first-order chi connectivity index (χ1) is 16.5. The highest BCUT2D eigenvalue weighted by molar-refractivity contribution is 9.10. The maximum Gasteiger partial charge on any atom is 0.573 e. The molecule has 2 aromatic heterocycles. The van der Waals surface area contributed by atoms with Gasteiger partial charge in [-0.2, -0.15) is 5.26 Å². The lowest BCUT2D eigenvalue weighted by molar-refractivity contribution is -0.274. The Bertz CT molecular complexity index is 1370. The zero-order valence-electron chi connectivity index (χ0n) is 19.3. The molecule has 0 N–H and O–H groups in total. The molecule has 1 aliphatic heterocycles. The van der Waals surface area contributed by atoms with Crippen LogP contribution in [0.15, 0.2) is 45.7 Å². The molecule has 0 unspecified atom stereocenters. The smallest absolute Gasteiger partial charge is 0.406 e. The third kappa shape index (κ3) is 5.28. The van der Waals surface area contributed by atoms with E-state index in [4.69, 9.17) is 0 Å². The van der Waals surface area contributed by atoms with Gasteiger partial charge in [0.1, 0.15) is 23.0 Å². The maximum absolute atomic E-state index is 12.6. The van der Waals surface area contributed by atoms with E-state index in [0.717, 1.165) is 5.56 Å². The predicted octanol–water partition coefficient (Wildman–Crippen LogP) is 4.57. The van der Waals surface area contributed by atoms with Crippen LogP contribution in [0, 0.1) is 11.3 Å². The van der Waals surface area contributed by atoms with Crippen LogP contribution in [0.4, 0.5) is 18.9 Å². The van der Waals surface area contributed by atoms with Gasteiger partial charge in [-0.25, -0.2) is 4.98 Å². The number of benzene rings is 1. The Morgan fingerprint density at radius 3 is 2.57 bits per heavy atom. The number of aromatic nitrogens is 2. The first kappa shape index (κ1) is 25.0. The number of halogens is 4. The number of hydrogen-bond donors (Lipinski definition) is 0. The molecule has 1 saturated heterocycles. The Hall–Kier alpha value is -3.10. The molecule has 0 aliphatic carbocycles. The van der Waals surface area contributed by atoms with Gasteiger partial charge in [0, 0.05) is 49.3 Å². The van der Waals surface area contributed by atoms with Crippen molar-refractivity contribution in [3.8, 4) is 11.8 Å². The lowest BCUT2D eigenvalue weighted by atomic mass is 10.0. The Balaban J connectivity index is 1.58. The van der Waals surface area contributed by atoms with Crippen LogP contribution in [0.1, 0.15) is 25.1 Å². The quantitative estimate of drug-likeness (QED) is 0.474. The van der Waals surface area contributed by atoms with E-state index in [9.17, 15) is 23.2 Å². The summed E-state index contributed by atoms with van der Waals surface area (Å²) in [4.78, 5) is 21.5. The molecule has 4 rings (SSSR count). The van der Waals surface area contributed by atoms with E-state index in [2.05, 4.69) is 48.4 Å². The summed E-state index contributed by atoms with van der Waals surface area (Å²) in [6.45, 7) is 5.90. The molecule has 0 bridgehead atoms. The summed E-state index contributed by atoms with van der Waals surface area (Å²) < 4.78 is 43.6. The van der Waals surface area contributed by atoms with Crippen molar-refractivity contribution in [1.29, 1.82) is 5.26 Å². The molecule has 1 fully saturated rings. The minimum atomic E-state index is -4.74. The molecule has 3 aromatic rings. The molecule has 0 spiro atoms. The molecule has 0 amide bonds. The molecular formula is C24H23BrF3N5O2. The number of piperazine rings is 1. The van der Waals surface area contributed by atoms with Gasteiger partial charge in [0.25, 0.3) is 5.56 Å². The van der Waals surface area contributed by atoms with E-state index < -0.39 is 6.36 Å². The van der Waals surface area contributed by atoms with Crippen LogP contribution in [0.3, 0.4) is 0 Å². The van der Waals surface area contributed by atoms with Crippen molar-refractivity contribution in [2.75, 3.05) is 18.0 Å². The Kier molecular flexibility index (Phi) is 6.79. The number of nitriles is 1. The second-order valence-corrected chi connectivity index (χ2v) is 9.54. The fourth-order valence-electron chi connectivity index (χ4n) is 4.42. The second-order valence-electron chi connectivity index (χ2n) is 8.68. The zero-order valence-corrected chi connectivity index (χ0v) is 20.9. The van der Waals surface area contributed by atoms with E-state index in [0.29, 0.717) is 40.8 Å². The SMILES string of the molecule is C[C@@H]1CN(c2cc(=O)n(C)c3ccc(C#N)nc23)[C@@H](C)CN1Cc1ccc(OC(F)(F)F)cc1Br. The molecule has 1 aromatic carbocycles. The van der Waals surface area contributed by atoms with Crippen LogP contribution >= 0.6 is 15.9 Å². The van der Waals surface area contributed by atoms with Crippen LogP contribution in [-0.4, -0.2) is 46.0 Å². The van der Waals surface area contributed by atoms with Gasteiger partial charge in [0.05, 0.1) is 11.2 Å². The average Bonchev–Trinajstić information content (AvgIpc) is 2.79. The Morgan fingerprint density at radius 1 is 1.17 bits per heavy atom. The van der Waals surface area contributed by atoms with Crippen molar-refractivity contribution in [2.45, 2.75) is 38.8 Å². The van der Waals surface area contributed by atoms with E-state index in [1.165, 1.54) is 16.7 Å². The minimum absolute atomic E-state index is 0.0145. The molecule has 2 atom stereocenters. The zero-order chi connectivity index (χ0) is 25.5. The van der Waals surface area contributed by atoms with E-state index in [-0.39, 0.29) is 29.1 Å². The summed E-state index contributed by atoms with van der Waals surface area (Å²) in [7, 11) is 1.68. The van der Waals surface area contributed by atoms with Gasteiger partial charge in [-0.05, 0) is 43.7 Å². The molecule has 0 radical (unpaired) electrons. The van der Waals surface area contributed by atoms with Crippen LogP contribution < -0.4 is 15.2 Å². The van der Waals surface area contributed by atoms with Gasteiger partial charge >= 0.3 is 6.36 Å². The molecule has 35 heavy (non-hydrogen) atoms. The van der Waals surface area contributed by atoms with Crippen LogP contribution in [0.25, 0.3) is 11.0 Å². The topological polar surface area (TPSA) is 74.4 Å². The van der Waals surface area contributed by atoms with Gasteiger partial charge < -0.3 is 14.2 Å². The number of pyridine rings is 2. The van der Waals surface area contributed by atoms with E-state index >= 15 is 0 Å². The fourth-order valence-corrected chi connectivity index (χ4v) is 4.90. The van der Waals surface area contributed by atoms with E-state index in [1.54, 1.807) is 31.3 Å². The molecule has 3 heterocycles. The van der Waals surface area contributed by atoms with Crippen molar-refractivity contribution < 1.29 is 17.9 Å². The third-order valence-corrected chi connectivity index (χ3v) is 6.98. The van der Waals surface area contributed by atoms with Crippen molar-refractivity contribution >= 4 is 32.7 Å². The summed E-state index contributed by atoms with van der Waals surface area (Å²) >= 11 is 3.36. The number of ether oxygens (including phenoxy) is 1. The Labute approximate surface area is 208 Å². The van der Waals surface area contributed by atoms with Crippen LogP contribution in [-0.2, 0) is 13.6 Å². The third-order valence-electron chi connectivity index (χ3n) is 6.24. The fraction of sp³-hybridized carbons (Fsp3) is 0.375. The highest BCUT2D eigenvalue weighted by Crippen LogP contribution is 2.32. The van der Waals surface area contributed by atoms with Gasteiger partial charge in [-0.15, -0.1) is 13.2 Å². The lowest BCUT2D eigenvalue weighted by Crippen LogP contribution is -2.56. The Morgan fingerprint density at radius 2 is 1.91 bits per heavy atom. The standard InChI is InChI=1S/C24H23BrF3N5O2/c1-14-12-33(21-9-22(34)31(3)20-7-5-17(10-29)30-23(20)21)15(2)11-32(14)13-16-4-6-18(8-19(16)25)35-24(26,27)28/h4-9,14-15H,11-13H2,1-3H3/t14-,15+/m1/s1. The molecule has 1 aliphatic rings. The van der Waals surface area contributed by atoms with Crippen molar-refractivity contribution in [2.24, 2.45) is 7.05 Å². The van der Waals surface area contributed by atoms with Crippen molar-refractivity contribution in [3.05, 3.63) is 62.5 Å². The van der Waals surface area contributed by atoms with Gasteiger partial charge in [0.15, 0.2) is 0 Å².